The Bertz CT molecular complexity index is 1400. The van der Waals surface area contributed by atoms with Gasteiger partial charge in [-0.05, 0) is 80.1 Å². The van der Waals surface area contributed by atoms with E-state index in [4.69, 9.17) is 9.47 Å². The number of aromatic nitrogens is 1. The van der Waals surface area contributed by atoms with Crippen molar-refractivity contribution >= 4 is 74.3 Å². The molecule has 37 heavy (non-hydrogen) atoms. The van der Waals surface area contributed by atoms with Crippen LogP contribution < -0.4 is 15.5 Å². The van der Waals surface area contributed by atoms with Crippen LogP contribution >= 0.6 is 45.2 Å². The maximum atomic E-state index is 13.1. The number of nitrogens with zero attached hydrogens (tertiary/aromatic N) is 1. The molecule has 2 amide bonds. The predicted octanol–water partition coefficient (Wildman–Crippen LogP) is 5.37. The van der Waals surface area contributed by atoms with Gasteiger partial charge in [-0.1, -0.05) is 48.5 Å². The van der Waals surface area contributed by atoms with Gasteiger partial charge in [-0.15, -0.1) is 0 Å². The summed E-state index contributed by atoms with van der Waals surface area (Å²) in [5, 5.41) is 7.79. The lowest BCUT2D eigenvalue weighted by molar-refractivity contribution is -0.123. The van der Waals surface area contributed by atoms with Gasteiger partial charge in [0, 0.05) is 23.5 Å². The SMILES string of the molecule is COc1c(I)cc(/C=N\NC(=O)[C@@H](Cc2c[nH]c3ccccc23)NC(=O)OCc2ccccc2)cc1I. The van der Waals surface area contributed by atoms with Crippen molar-refractivity contribution in [3.05, 3.63) is 96.8 Å². The van der Waals surface area contributed by atoms with Crippen LogP contribution in [0.5, 0.6) is 5.75 Å². The van der Waals surface area contributed by atoms with E-state index in [0.29, 0.717) is 0 Å². The van der Waals surface area contributed by atoms with Gasteiger partial charge in [0.05, 0.1) is 20.5 Å². The second-order valence-corrected chi connectivity index (χ2v) is 10.4. The van der Waals surface area contributed by atoms with E-state index in [9.17, 15) is 9.59 Å². The van der Waals surface area contributed by atoms with E-state index in [-0.39, 0.29) is 13.0 Å². The van der Waals surface area contributed by atoms with Crippen LogP contribution in [0, 0.1) is 7.14 Å². The van der Waals surface area contributed by atoms with Crippen LogP contribution in [-0.2, 0) is 22.6 Å². The smallest absolute Gasteiger partial charge is 0.408 e. The van der Waals surface area contributed by atoms with E-state index in [1.807, 2.05) is 72.9 Å². The Morgan fingerprint density at radius 2 is 1.76 bits per heavy atom. The molecule has 0 unspecified atom stereocenters. The summed E-state index contributed by atoms with van der Waals surface area (Å²) in [5.74, 6) is 0.329. The zero-order chi connectivity index (χ0) is 26.2. The normalized spacial score (nSPS) is 11.9. The maximum absolute atomic E-state index is 13.1. The van der Waals surface area contributed by atoms with E-state index >= 15 is 0 Å². The Balaban J connectivity index is 1.47. The number of ether oxygens (including phenoxy) is 2. The second-order valence-electron chi connectivity index (χ2n) is 8.07. The minimum atomic E-state index is -0.907. The first-order valence-corrected chi connectivity index (χ1v) is 13.5. The molecule has 1 heterocycles. The number of rotatable bonds is 9. The van der Waals surface area contributed by atoms with Crippen molar-refractivity contribution in [3.8, 4) is 5.75 Å². The average molecular weight is 722 g/mol. The molecule has 0 radical (unpaired) electrons. The largest absolute Gasteiger partial charge is 0.495 e. The topological polar surface area (TPSA) is 105 Å². The molecule has 3 aromatic carbocycles. The molecule has 1 aromatic heterocycles. The summed E-state index contributed by atoms with van der Waals surface area (Å²) < 4.78 is 12.6. The summed E-state index contributed by atoms with van der Waals surface area (Å²) in [4.78, 5) is 28.9. The van der Waals surface area contributed by atoms with Crippen molar-refractivity contribution in [2.45, 2.75) is 19.1 Å². The Morgan fingerprint density at radius 1 is 1.05 bits per heavy atom. The number of methoxy groups -OCH3 is 1. The van der Waals surface area contributed by atoms with E-state index in [1.165, 1.54) is 0 Å². The lowest BCUT2D eigenvalue weighted by Crippen LogP contribution is -2.47. The molecule has 3 N–H and O–H groups in total. The molecular formula is C27H24I2N4O4. The molecule has 0 aliphatic heterocycles. The molecule has 0 fully saturated rings. The number of hydrogen-bond acceptors (Lipinski definition) is 5. The maximum Gasteiger partial charge on any atom is 0.408 e. The second kappa shape index (κ2) is 12.9. The van der Waals surface area contributed by atoms with Gasteiger partial charge in [0.25, 0.3) is 5.91 Å². The van der Waals surface area contributed by atoms with Crippen molar-refractivity contribution in [2.24, 2.45) is 5.10 Å². The lowest BCUT2D eigenvalue weighted by Gasteiger charge is -2.17. The standard InChI is InChI=1S/C27H24I2N4O4/c1-36-25-21(28)11-18(12-22(25)29)14-31-33-26(34)24(13-19-15-30-23-10-6-5-9-20(19)23)32-27(35)37-16-17-7-3-2-4-8-17/h2-12,14-15,24,30H,13,16H2,1H3,(H,32,35)(H,33,34)/b31-14-/t24-/m1/s1. The molecular weight excluding hydrogens is 698 g/mol. The van der Waals surface area contributed by atoms with Gasteiger partial charge < -0.3 is 19.8 Å². The van der Waals surface area contributed by atoms with Crippen LogP contribution in [0.1, 0.15) is 16.7 Å². The van der Waals surface area contributed by atoms with Crippen LogP contribution in [0.25, 0.3) is 10.9 Å². The van der Waals surface area contributed by atoms with Crippen LogP contribution in [-0.4, -0.2) is 36.4 Å². The summed E-state index contributed by atoms with van der Waals surface area (Å²) in [5.41, 5.74) is 6.05. The van der Waals surface area contributed by atoms with Gasteiger partial charge in [-0.25, -0.2) is 10.2 Å². The lowest BCUT2D eigenvalue weighted by atomic mass is 10.0. The fraction of sp³-hybridized carbons (Fsp3) is 0.148. The number of hydrazone groups is 1. The molecule has 0 aliphatic carbocycles. The molecule has 1 atom stereocenters. The summed E-state index contributed by atoms with van der Waals surface area (Å²) in [6.45, 7) is 0.0982. The Hall–Kier alpha value is -3.13. The zero-order valence-electron chi connectivity index (χ0n) is 19.8. The summed E-state index contributed by atoms with van der Waals surface area (Å²) >= 11 is 4.38. The van der Waals surface area contributed by atoms with Crippen LogP contribution in [0.4, 0.5) is 4.79 Å². The zero-order valence-corrected chi connectivity index (χ0v) is 24.1. The number of fused-ring (bicyclic) bond motifs is 1. The van der Waals surface area contributed by atoms with Gasteiger partial charge in [0.15, 0.2) is 0 Å². The third-order valence-corrected chi connectivity index (χ3v) is 7.14. The van der Waals surface area contributed by atoms with Crippen molar-refractivity contribution in [1.29, 1.82) is 0 Å². The number of nitrogens with one attached hydrogen (secondary N) is 3. The van der Waals surface area contributed by atoms with Gasteiger partial charge >= 0.3 is 6.09 Å². The highest BCUT2D eigenvalue weighted by molar-refractivity contribution is 14.1. The third-order valence-electron chi connectivity index (χ3n) is 5.53. The summed E-state index contributed by atoms with van der Waals surface area (Å²) in [6, 6.07) is 20.0. The van der Waals surface area contributed by atoms with Crippen LogP contribution in [0.2, 0.25) is 0 Å². The van der Waals surface area contributed by atoms with Crippen LogP contribution in [0.3, 0.4) is 0 Å². The number of benzene rings is 3. The Labute approximate surface area is 241 Å². The molecule has 0 aliphatic rings. The van der Waals surface area contributed by atoms with Crippen LogP contribution in [0.15, 0.2) is 78.0 Å². The summed E-state index contributed by atoms with van der Waals surface area (Å²) in [7, 11) is 1.62. The number of carbonyl (C=O) groups is 2. The van der Waals surface area contributed by atoms with Gasteiger partial charge in [-0.3, -0.25) is 4.79 Å². The summed E-state index contributed by atoms with van der Waals surface area (Å²) in [6.07, 6.45) is 2.96. The number of amides is 2. The molecule has 190 valence electrons. The number of alkyl carbamates (subject to hydrolysis) is 1. The van der Waals surface area contributed by atoms with Gasteiger partial charge in [0.2, 0.25) is 0 Å². The fourth-order valence-electron chi connectivity index (χ4n) is 3.73. The van der Waals surface area contributed by atoms with Gasteiger partial charge in [0.1, 0.15) is 18.4 Å². The number of hydrogen-bond donors (Lipinski definition) is 3. The van der Waals surface area contributed by atoms with E-state index in [2.05, 4.69) is 66.0 Å². The van der Waals surface area contributed by atoms with E-state index < -0.39 is 18.0 Å². The van der Waals surface area contributed by atoms with E-state index in [1.54, 1.807) is 13.3 Å². The Morgan fingerprint density at radius 3 is 2.49 bits per heavy atom. The van der Waals surface area contributed by atoms with Crippen molar-refractivity contribution in [3.63, 3.8) is 0 Å². The quantitative estimate of drug-likeness (QED) is 0.123. The molecule has 8 nitrogen and oxygen atoms in total. The third kappa shape index (κ3) is 7.22. The molecule has 0 bridgehead atoms. The average Bonchev–Trinajstić information content (AvgIpc) is 3.30. The molecule has 0 saturated heterocycles. The van der Waals surface area contributed by atoms with Gasteiger partial charge in [-0.2, -0.15) is 5.10 Å². The highest BCUT2D eigenvalue weighted by Gasteiger charge is 2.23. The van der Waals surface area contributed by atoms with E-state index in [0.717, 1.165) is 40.5 Å². The predicted molar refractivity (Wildman–Crippen MR) is 160 cm³/mol. The Kier molecular flexibility index (Phi) is 9.39. The monoisotopic (exact) mass is 722 g/mol. The molecule has 4 rings (SSSR count). The highest BCUT2D eigenvalue weighted by Crippen LogP contribution is 2.28. The number of para-hydroxylation sites is 1. The molecule has 0 saturated carbocycles. The van der Waals surface area contributed by atoms with Crippen molar-refractivity contribution < 1.29 is 19.1 Å². The van der Waals surface area contributed by atoms with Crippen molar-refractivity contribution in [1.82, 2.24) is 15.7 Å². The first-order valence-electron chi connectivity index (χ1n) is 11.3. The first-order chi connectivity index (χ1) is 17.9. The highest BCUT2D eigenvalue weighted by atomic mass is 127. The molecule has 10 heteroatoms. The minimum Gasteiger partial charge on any atom is -0.495 e. The number of carbonyl (C=O) groups excluding carboxylic acids is 2. The number of aromatic amines is 1. The fourth-order valence-corrected chi connectivity index (χ4v) is 5.99. The van der Waals surface area contributed by atoms with Crippen molar-refractivity contribution in [2.75, 3.05) is 7.11 Å². The number of H-pyrrole nitrogens is 1. The molecule has 4 aromatic rings. The number of halogens is 2. The molecule has 0 spiro atoms. The first kappa shape index (κ1) is 26.9. The minimum absolute atomic E-state index is 0.0982.